The summed E-state index contributed by atoms with van der Waals surface area (Å²) in [7, 11) is 4.36. The van der Waals surface area contributed by atoms with E-state index >= 15 is 0 Å². The summed E-state index contributed by atoms with van der Waals surface area (Å²) in [5.74, 6) is -3.97. The number of methoxy groups -OCH3 is 1. The molecule has 4 bridgehead atoms. The van der Waals surface area contributed by atoms with Gasteiger partial charge in [-0.2, -0.15) is 0 Å². The van der Waals surface area contributed by atoms with Crippen molar-refractivity contribution in [1.29, 1.82) is 0 Å². The molecule has 13 heteroatoms. The van der Waals surface area contributed by atoms with Crippen molar-refractivity contribution in [2.75, 3.05) is 27.8 Å². The zero-order valence-corrected chi connectivity index (χ0v) is 43.9. The van der Waals surface area contributed by atoms with Gasteiger partial charge in [0.15, 0.2) is 11.6 Å². The number of amides is 4. The number of carbonyl (C=O) groups is 7. The number of benzene rings is 3. The number of hydrogen-bond donors (Lipinski definition) is 2. The van der Waals surface area contributed by atoms with Gasteiger partial charge in [-0.25, -0.2) is 4.79 Å². The van der Waals surface area contributed by atoms with Crippen LogP contribution in [0.4, 0.5) is 0 Å². The van der Waals surface area contributed by atoms with E-state index < -0.39 is 65.3 Å². The number of ketones is 2. The summed E-state index contributed by atoms with van der Waals surface area (Å²) in [5, 5.41) is 5.56. The van der Waals surface area contributed by atoms with Crippen LogP contribution in [0.2, 0.25) is 0 Å². The third kappa shape index (κ3) is 18.5. The lowest BCUT2D eigenvalue weighted by atomic mass is 9.87. The molecule has 0 spiro atoms. The van der Waals surface area contributed by atoms with Gasteiger partial charge < -0.3 is 29.9 Å². The molecule has 0 aromatic heterocycles. The van der Waals surface area contributed by atoms with E-state index in [1.807, 2.05) is 74.5 Å². The number of nitrogens with one attached hydrogen (secondary N) is 2. The molecule has 3 aromatic rings. The third-order valence-electron chi connectivity index (χ3n) is 13.9. The van der Waals surface area contributed by atoms with Crippen molar-refractivity contribution in [1.82, 2.24) is 20.4 Å². The van der Waals surface area contributed by atoms with E-state index in [0.29, 0.717) is 18.4 Å². The predicted octanol–water partition coefficient (Wildman–Crippen LogP) is 9.66. The van der Waals surface area contributed by atoms with Crippen LogP contribution in [-0.4, -0.2) is 96.9 Å². The highest BCUT2D eigenvalue weighted by atomic mass is 16.5. The van der Waals surface area contributed by atoms with Crippen LogP contribution in [0.3, 0.4) is 0 Å². The van der Waals surface area contributed by atoms with Crippen LogP contribution in [0.25, 0.3) is 11.1 Å². The number of nitrogens with zero attached hydrogens (tertiary/aromatic N) is 2. The molecule has 2 N–H and O–H groups in total. The summed E-state index contributed by atoms with van der Waals surface area (Å²) >= 11 is 0. The van der Waals surface area contributed by atoms with E-state index in [0.717, 1.165) is 52.6 Å². The predicted molar refractivity (Wildman–Crippen MR) is 278 cm³/mol. The number of aryl methyl sites for hydroxylation is 2. The van der Waals surface area contributed by atoms with Crippen molar-refractivity contribution < 1.29 is 43.0 Å². The summed E-state index contributed by atoms with van der Waals surface area (Å²) < 4.78 is 11.0. The Hall–Kier alpha value is -5.69. The first kappa shape index (κ1) is 57.9. The second-order valence-corrected chi connectivity index (χ2v) is 19.7. The van der Waals surface area contributed by atoms with Crippen molar-refractivity contribution >= 4 is 41.2 Å². The number of ether oxygens (including phenoxy) is 2. The van der Waals surface area contributed by atoms with Gasteiger partial charge in [0.2, 0.25) is 23.6 Å². The van der Waals surface area contributed by atoms with Crippen molar-refractivity contribution in [2.24, 2.45) is 5.92 Å². The average molecular weight is 979 g/mol. The van der Waals surface area contributed by atoms with E-state index in [4.69, 9.17) is 9.47 Å². The molecule has 4 amide bonds. The molecular formula is C58H82N4O9. The molecule has 0 saturated carbocycles. The molecule has 1 aliphatic heterocycles. The molecular weight excluding hydrogens is 897 g/mol. The lowest BCUT2D eigenvalue weighted by molar-refractivity contribution is -0.145. The van der Waals surface area contributed by atoms with Crippen LogP contribution >= 0.6 is 0 Å². The topological polar surface area (TPSA) is 168 Å². The normalized spacial score (nSPS) is 16.8. The lowest BCUT2D eigenvalue weighted by Gasteiger charge is -2.30. The summed E-state index contributed by atoms with van der Waals surface area (Å²) in [5.41, 5.74) is 5.88. The first-order valence-corrected chi connectivity index (χ1v) is 26.1. The highest BCUT2D eigenvalue weighted by Gasteiger charge is 2.34. The van der Waals surface area contributed by atoms with Crippen LogP contribution in [0.5, 0.6) is 0 Å². The number of hydrogen-bond acceptors (Lipinski definition) is 9. The van der Waals surface area contributed by atoms with Crippen LogP contribution in [0.1, 0.15) is 164 Å². The first-order chi connectivity index (χ1) is 34.1. The maximum Gasteiger partial charge on any atom is 0.328 e. The van der Waals surface area contributed by atoms with E-state index in [-0.39, 0.29) is 44.8 Å². The number of likely N-dealkylation sites (N-methyl/N-ethyl adjacent to an activating group) is 2. The van der Waals surface area contributed by atoms with Crippen molar-refractivity contribution in [3.05, 3.63) is 94.5 Å². The smallest absolute Gasteiger partial charge is 0.328 e. The Morgan fingerprint density at radius 1 is 0.732 bits per heavy atom. The second-order valence-electron chi connectivity index (χ2n) is 19.7. The lowest BCUT2D eigenvalue weighted by Crippen LogP contribution is -2.53. The molecule has 5 atom stereocenters. The molecule has 0 fully saturated rings. The van der Waals surface area contributed by atoms with Gasteiger partial charge in [-0.05, 0) is 72.2 Å². The van der Waals surface area contributed by atoms with Gasteiger partial charge in [0.25, 0.3) is 0 Å². The van der Waals surface area contributed by atoms with Gasteiger partial charge in [-0.1, -0.05) is 152 Å². The minimum Gasteiger partial charge on any atom is -0.467 e. The number of fused-ring (bicyclic) bond motifs is 5. The van der Waals surface area contributed by atoms with Crippen LogP contribution in [0, 0.1) is 19.8 Å². The van der Waals surface area contributed by atoms with Crippen molar-refractivity contribution in [3.8, 4) is 11.1 Å². The Morgan fingerprint density at radius 2 is 1.32 bits per heavy atom. The zero-order valence-electron chi connectivity index (χ0n) is 43.9. The van der Waals surface area contributed by atoms with Gasteiger partial charge in [0.1, 0.15) is 18.1 Å². The Morgan fingerprint density at radius 3 is 1.94 bits per heavy atom. The second kappa shape index (κ2) is 30.3. The number of rotatable bonds is 27. The molecule has 0 saturated heterocycles. The molecule has 1 heterocycles. The maximum absolute atomic E-state index is 14.3. The summed E-state index contributed by atoms with van der Waals surface area (Å²) in [4.78, 5) is 98.6. The van der Waals surface area contributed by atoms with Gasteiger partial charge in [0.05, 0.1) is 26.4 Å². The number of Topliss-reactive ketones (excluding diaryl/α,β-unsaturated/α-hetero) is 2. The summed E-state index contributed by atoms with van der Waals surface area (Å²) in [6, 6.07) is 16.8. The van der Waals surface area contributed by atoms with E-state index in [1.165, 1.54) is 81.7 Å². The van der Waals surface area contributed by atoms with Gasteiger partial charge in [0, 0.05) is 52.1 Å². The number of carbonyl (C=O) groups excluding carboxylic acids is 7. The fourth-order valence-electron chi connectivity index (χ4n) is 9.23. The van der Waals surface area contributed by atoms with E-state index in [2.05, 4.69) is 17.6 Å². The summed E-state index contributed by atoms with van der Waals surface area (Å²) in [6.45, 7) is 9.46. The highest BCUT2D eigenvalue weighted by Crippen LogP contribution is 2.34. The Labute approximate surface area is 423 Å². The number of esters is 1. The molecule has 3 aromatic carbocycles. The minimum atomic E-state index is -1.10. The molecule has 1 aliphatic rings. The Bertz CT molecular complexity index is 2230. The molecule has 71 heavy (non-hydrogen) atoms. The minimum absolute atomic E-state index is 0.0843. The monoisotopic (exact) mass is 979 g/mol. The highest BCUT2D eigenvalue weighted by molar-refractivity contribution is 5.96. The maximum atomic E-state index is 14.3. The third-order valence-corrected chi connectivity index (χ3v) is 13.9. The van der Waals surface area contributed by atoms with E-state index in [1.54, 1.807) is 27.0 Å². The zero-order chi connectivity index (χ0) is 51.9. The molecule has 388 valence electrons. The molecule has 0 unspecified atom stereocenters. The fraction of sp³-hybridized carbons (Fsp3) is 0.569. The fourth-order valence-corrected chi connectivity index (χ4v) is 9.23. The molecule has 4 rings (SSSR count). The molecule has 13 nitrogen and oxygen atoms in total. The molecule has 0 radical (unpaired) electrons. The average Bonchev–Trinajstić information content (AvgIpc) is 3.36. The van der Waals surface area contributed by atoms with Gasteiger partial charge >= 0.3 is 5.97 Å². The Balaban J connectivity index is 1.40. The largest absolute Gasteiger partial charge is 0.467 e. The van der Waals surface area contributed by atoms with Crippen LogP contribution in [-0.2, 0) is 56.1 Å². The van der Waals surface area contributed by atoms with Crippen LogP contribution < -0.4 is 10.6 Å². The van der Waals surface area contributed by atoms with Crippen molar-refractivity contribution in [2.45, 2.75) is 181 Å². The van der Waals surface area contributed by atoms with Crippen molar-refractivity contribution in [3.63, 3.8) is 0 Å². The Kier molecular flexibility index (Phi) is 24.7. The molecule has 0 aliphatic carbocycles. The SMILES string of the molecule is CCCCCCCCCCCCCCCC(=O)N(C)[C@H](COCc1ccccc1)C(=O)N[C@H](C)C(=O)CCC(=O)N(C)[C@@H]1C(=O)C[C@@H](C)C(=O)N[C@H](C(=O)OC)Cc2ccc(C)c(c2)-c2cc1ccc2C. The first-order valence-electron chi connectivity index (χ1n) is 26.1. The standard InChI is InChI=1S/C58H82N4O9/c1-9-10-11-12-13-14-15-16-17-18-19-20-24-27-53(65)61(6)50(39-71-38-44-25-22-21-23-26-44)57(68)59-43(5)51(63)32-33-54(66)62(7)55-46-31-29-41(3)48(37-46)47-35-45(30-28-40(47)2)36-49(58(69)70-8)60-56(67)42(4)34-52(55)64/h21-23,25-26,28-31,35,37,42-43,49-50,55H,9-20,24,27,32-34,36,38-39H2,1-8H3,(H,59,68)(H,60,67)/t42-,43-,49+,50-,55+/m1/s1. The quantitative estimate of drug-likeness (QED) is 0.0558. The van der Waals surface area contributed by atoms with Gasteiger partial charge in [-0.3, -0.25) is 28.8 Å². The van der Waals surface area contributed by atoms with Crippen LogP contribution in [0.15, 0.2) is 66.7 Å². The summed E-state index contributed by atoms with van der Waals surface area (Å²) in [6.07, 6.45) is 15.3. The number of unbranched alkanes of at least 4 members (excludes halogenated alkanes) is 12. The van der Waals surface area contributed by atoms with E-state index in [9.17, 15) is 33.6 Å². The van der Waals surface area contributed by atoms with Gasteiger partial charge in [-0.15, -0.1) is 0 Å².